The Morgan fingerprint density at radius 3 is 2.37 bits per heavy atom. The van der Waals surface area contributed by atoms with Crippen molar-refractivity contribution in [1.82, 2.24) is 4.90 Å². The molecule has 0 aliphatic carbocycles. The molecule has 2 aromatic rings. The molecule has 2 aromatic carbocycles. The molecule has 1 aliphatic rings. The fraction of sp³-hybridized carbons (Fsp3) is 0.364. The van der Waals surface area contributed by atoms with E-state index < -0.39 is 0 Å². The normalized spacial score (nSPS) is 16.7. The number of piperidine rings is 1. The molecule has 3 rings (SSSR count). The van der Waals surface area contributed by atoms with E-state index in [-0.39, 0.29) is 23.8 Å². The molecule has 0 spiro atoms. The maximum Gasteiger partial charge on any atom is 0.246 e. The Morgan fingerprint density at radius 1 is 1.07 bits per heavy atom. The molecule has 3 N–H and O–H groups in total. The highest BCUT2D eigenvalue weighted by molar-refractivity contribution is 5.96. The number of carbonyl (C=O) groups excluding carboxylic acids is 2. The second-order valence-electron chi connectivity index (χ2n) is 7.33. The van der Waals surface area contributed by atoms with Crippen molar-refractivity contribution in [2.45, 2.75) is 32.7 Å². The van der Waals surface area contributed by atoms with E-state index in [2.05, 4.69) is 10.2 Å². The number of nitrogens with zero attached hydrogens (tertiary/aromatic N) is 1. The number of aryl methyl sites for hydroxylation is 2. The summed E-state index contributed by atoms with van der Waals surface area (Å²) in [5.41, 5.74) is 9.39. The van der Waals surface area contributed by atoms with Crippen LogP contribution in [0.2, 0.25) is 0 Å². The molecule has 5 nitrogen and oxygen atoms in total. The van der Waals surface area contributed by atoms with Crippen LogP contribution < -0.4 is 11.1 Å². The van der Waals surface area contributed by atoms with Gasteiger partial charge in [0.2, 0.25) is 11.8 Å². The van der Waals surface area contributed by atoms with Crippen molar-refractivity contribution in [3.8, 4) is 0 Å². The van der Waals surface area contributed by atoms with Crippen LogP contribution in [0.4, 0.5) is 5.69 Å². The van der Waals surface area contributed by atoms with Gasteiger partial charge in [0.15, 0.2) is 0 Å². The van der Waals surface area contributed by atoms with Crippen molar-refractivity contribution in [1.29, 1.82) is 0 Å². The summed E-state index contributed by atoms with van der Waals surface area (Å²) in [5, 5.41) is 3.11. The topological polar surface area (TPSA) is 75.4 Å². The first kappa shape index (κ1) is 19.1. The lowest BCUT2D eigenvalue weighted by Crippen LogP contribution is -2.44. The van der Waals surface area contributed by atoms with E-state index in [1.54, 1.807) is 0 Å². The Bertz CT molecular complexity index is 812. The van der Waals surface area contributed by atoms with Crippen molar-refractivity contribution in [3.05, 3.63) is 65.2 Å². The second kappa shape index (κ2) is 8.35. The standard InChI is InChI=1S/C22H27N3O2/c1-15-8-9-16(2)19(14-15)24-22(27)20(17-6-4-3-5-7-17)25-12-10-18(11-13-25)21(23)26/h3-9,14,18,20H,10-13H2,1-2H3,(H2,23,26)(H,24,27)/t20-/m0/s1. The van der Waals surface area contributed by atoms with Gasteiger partial charge in [-0.05, 0) is 62.5 Å². The summed E-state index contributed by atoms with van der Waals surface area (Å²) >= 11 is 0. The molecule has 0 radical (unpaired) electrons. The zero-order valence-electron chi connectivity index (χ0n) is 15.9. The van der Waals surface area contributed by atoms with Gasteiger partial charge in [0.05, 0.1) is 0 Å². The Morgan fingerprint density at radius 2 is 1.74 bits per heavy atom. The third-order valence-corrected chi connectivity index (χ3v) is 5.31. The highest BCUT2D eigenvalue weighted by atomic mass is 16.2. The van der Waals surface area contributed by atoms with Crippen molar-refractivity contribution in [2.24, 2.45) is 11.7 Å². The van der Waals surface area contributed by atoms with Crippen LogP contribution in [0.25, 0.3) is 0 Å². The molecule has 1 heterocycles. The summed E-state index contributed by atoms with van der Waals surface area (Å²) < 4.78 is 0. The van der Waals surface area contributed by atoms with Gasteiger partial charge in [0.25, 0.3) is 0 Å². The van der Waals surface area contributed by atoms with Gasteiger partial charge in [0, 0.05) is 11.6 Å². The number of carbonyl (C=O) groups is 2. The van der Waals surface area contributed by atoms with Crippen LogP contribution in [-0.4, -0.2) is 29.8 Å². The molecule has 1 aliphatic heterocycles. The van der Waals surface area contributed by atoms with E-state index in [0.29, 0.717) is 25.9 Å². The number of primary amides is 1. The zero-order chi connectivity index (χ0) is 19.4. The summed E-state index contributed by atoms with van der Waals surface area (Å²) in [6.07, 6.45) is 1.38. The maximum atomic E-state index is 13.2. The molecule has 1 fully saturated rings. The largest absolute Gasteiger partial charge is 0.369 e. The average Bonchev–Trinajstić information content (AvgIpc) is 2.66. The van der Waals surface area contributed by atoms with Crippen LogP contribution in [0.3, 0.4) is 0 Å². The van der Waals surface area contributed by atoms with Gasteiger partial charge in [-0.2, -0.15) is 0 Å². The first-order valence-corrected chi connectivity index (χ1v) is 9.42. The van der Waals surface area contributed by atoms with Gasteiger partial charge < -0.3 is 11.1 Å². The molecular formula is C22H27N3O2. The average molecular weight is 365 g/mol. The van der Waals surface area contributed by atoms with E-state index in [4.69, 9.17) is 5.73 Å². The van der Waals surface area contributed by atoms with Crippen molar-refractivity contribution >= 4 is 17.5 Å². The first-order valence-electron chi connectivity index (χ1n) is 9.42. The van der Waals surface area contributed by atoms with E-state index in [0.717, 1.165) is 22.4 Å². The van der Waals surface area contributed by atoms with Gasteiger partial charge >= 0.3 is 0 Å². The number of benzene rings is 2. The van der Waals surface area contributed by atoms with Crippen LogP contribution in [0.1, 0.15) is 35.6 Å². The number of rotatable bonds is 5. The number of amides is 2. The van der Waals surface area contributed by atoms with Gasteiger partial charge in [-0.15, -0.1) is 0 Å². The summed E-state index contributed by atoms with van der Waals surface area (Å²) in [6, 6.07) is 15.5. The number of nitrogens with two attached hydrogens (primary N) is 1. The number of hydrogen-bond acceptors (Lipinski definition) is 3. The lowest BCUT2D eigenvalue weighted by atomic mass is 9.93. The molecule has 2 amide bonds. The number of anilines is 1. The van der Waals surface area contributed by atoms with Crippen LogP contribution in [0.15, 0.2) is 48.5 Å². The first-order chi connectivity index (χ1) is 13.0. The Kier molecular flexibility index (Phi) is 5.91. The summed E-state index contributed by atoms with van der Waals surface area (Å²) in [7, 11) is 0. The highest BCUT2D eigenvalue weighted by Gasteiger charge is 2.32. The van der Waals surface area contributed by atoms with Crippen LogP contribution in [0.5, 0.6) is 0 Å². The third-order valence-electron chi connectivity index (χ3n) is 5.31. The van der Waals surface area contributed by atoms with Gasteiger partial charge in [-0.1, -0.05) is 42.5 Å². The van der Waals surface area contributed by atoms with Crippen molar-refractivity contribution in [3.63, 3.8) is 0 Å². The van der Waals surface area contributed by atoms with Crippen LogP contribution in [0, 0.1) is 19.8 Å². The number of nitrogens with one attached hydrogen (secondary N) is 1. The molecule has 1 saturated heterocycles. The molecule has 0 bridgehead atoms. The lowest BCUT2D eigenvalue weighted by Gasteiger charge is -2.36. The molecule has 0 aromatic heterocycles. The quantitative estimate of drug-likeness (QED) is 0.854. The van der Waals surface area contributed by atoms with Gasteiger partial charge in [-0.25, -0.2) is 0 Å². The minimum atomic E-state index is -0.389. The third kappa shape index (κ3) is 4.55. The number of likely N-dealkylation sites (tertiary alicyclic amines) is 1. The smallest absolute Gasteiger partial charge is 0.246 e. The van der Waals surface area contributed by atoms with Gasteiger partial charge in [-0.3, -0.25) is 14.5 Å². The molecule has 0 saturated carbocycles. The maximum absolute atomic E-state index is 13.2. The van der Waals surface area contributed by atoms with Gasteiger partial charge in [0.1, 0.15) is 6.04 Å². The molecular weight excluding hydrogens is 338 g/mol. The monoisotopic (exact) mass is 365 g/mol. The van der Waals surface area contributed by atoms with Crippen molar-refractivity contribution in [2.75, 3.05) is 18.4 Å². The summed E-state index contributed by atoms with van der Waals surface area (Å²) in [4.78, 5) is 26.9. The van der Waals surface area contributed by atoms with Crippen LogP contribution in [-0.2, 0) is 9.59 Å². The molecule has 27 heavy (non-hydrogen) atoms. The fourth-order valence-electron chi connectivity index (χ4n) is 3.68. The van der Waals surface area contributed by atoms with E-state index in [1.807, 2.05) is 62.4 Å². The molecule has 142 valence electrons. The molecule has 1 atom stereocenters. The predicted octanol–water partition coefficient (Wildman–Crippen LogP) is 3.18. The van der Waals surface area contributed by atoms with Crippen molar-refractivity contribution < 1.29 is 9.59 Å². The second-order valence-corrected chi connectivity index (χ2v) is 7.33. The zero-order valence-corrected chi connectivity index (χ0v) is 15.9. The predicted molar refractivity (Wildman–Crippen MR) is 107 cm³/mol. The Balaban J connectivity index is 1.83. The number of hydrogen-bond donors (Lipinski definition) is 2. The Labute approximate surface area is 160 Å². The van der Waals surface area contributed by atoms with E-state index in [9.17, 15) is 9.59 Å². The summed E-state index contributed by atoms with van der Waals surface area (Å²) in [6.45, 7) is 5.35. The SMILES string of the molecule is Cc1ccc(C)c(NC(=O)[C@H](c2ccccc2)N2CCC(C(N)=O)CC2)c1. The highest BCUT2D eigenvalue weighted by Crippen LogP contribution is 2.29. The summed E-state index contributed by atoms with van der Waals surface area (Å²) in [5.74, 6) is -0.391. The fourth-order valence-corrected chi connectivity index (χ4v) is 3.68. The van der Waals surface area contributed by atoms with E-state index in [1.165, 1.54) is 0 Å². The molecule has 0 unspecified atom stereocenters. The Hall–Kier alpha value is -2.66. The lowest BCUT2D eigenvalue weighted by molar-refractivity contribution is -0.125. The molecule has 5 heteroatoms. The minimum Gasteiger partial charge on any atom is -0.369 e. The van der Waals surface area contributed by atoms with E-state index >= 15 is 0 Å². The minimum absolute atomic E-state index is 0.0487. The van der Waals surface area contributed by atoms with Crippen LogP contribution >= 0.6 is 0 Å².